The largest absolute Gasteiger partial charge is 0.467 e. The van der Waals surface area contributed by atoms with Gasteiger partial charge in [-0.15, -0.1) is 0 Å². The van der Waals surface area contributed by atoms with Gasteiger partial charge >= 0.3 is 0 Å². The number of quaternary nitrogens is 1. The van der Waals surface area contributed by atoms with E-state index in [9.17, 15) is 22.8 Å². The van der Waals surface area contributed by atoms with Crippen molar-refractivity contribution in [2.75, 3.05) is 25.5 Å². The van der Waals surface area contributed by atoms with Crippen LogP contribution in [0.3, 0.4) is 0 Å². The fraction of sp³-hybridized carbons (Fsp3) is 0.294. The molecule has 2 atom stereocenters. The van der Waals surface area contributed by atoms with Crippen LogP contribution in [0.5, 0.6) is 0 Å². The quantitative estimate of drug-likeness (QED) is 0.638. The second kappa shape index (κ2) is 8.52. The lowest BCUT2D eigenvalue weighted by atomic mass is 10.2. The first-order valence-electron chi connectivity index (χ1n) is 7.85. The Morgan fingerprint density at radius 1 is 1.12 bits per heavy atom. The maximum absolute atomic E-state index is 13.5. The zero-order chi connectivity index (χ0) is 19.3. The molecule has 0 saturated heterocycles. The topological polar surface area (TPSA) is 75.8 Å². The fourth-order valence-corrected chi connectivity index (χ4v) is 2.33. The first-order chi connectivity index (χ1) is 12.3. The summed E-state index contributed by atoms with van der Waals surface area (Å²) in [4.78, 5) is 24.4. The maximum atomic E-state index is 13.5. The van der Waals surface area contributed by atoms with Crippen LogP contribution in [0.15, 0.2) is 34.9 Å². The zero-order valence-electron chi connectivity index (χ0n) is 14.2. The number of carbonyl (C=O) groups is 2. The highest BCUT2D eigenvalue weighted by molar-refractivity contribution is 5.91. The summed E-state index contributed by atoms with van der Waals surface area (Å²) in [6.45, 7) is 1.57. The lowest BCUT2D eigenvalue weighted by Gasteiger charge is -2.16. The van der Waals surface area contributed by atoms with Gasteiger partial charge in [0, 0.05) is 0 Å². The number of nitrogens with one attached hydrogen (secondary N) is 3. The van der Waals surface area contributed by atoms with Crippen LogP contribution in [0.25, 0.3) is 0 Å². The van der Waals surface area contributed by atoms with Crippen molar-refractivity contribution >= 4 is 17.5 Å². The van der Waals surface area contributed by atoms with Crippen LogP contribution in [0.1, 0.15) is 18.7 Å². The third-order valence-corrected chi connectivity index (χ3v) is 3.58. The summed E-state index contributed by atoms with van der Waals surface area (Å²) in [5.41, 5.74) is -0.461. The van der Waals surface area contributed by atoms with Crippen LogP contribution in [0, 0.1) is 17.5 Å². The number of hydrogen-bond acceptors (Lipinski definition) is 3. The lowest BCUT2D eigenvalue weighted by Crippen LogP contribution is -3.11. The van der Waals surface area contributed by atoms with Crippen molar-refractivity contribution in [3.8, 4) is 0 Å². The summed E-state index contributed by atoms with van der Waals surface area (Å²) in [6, 6.07) is 4.75. The van der Waals surface area contributed by atoms with Crippen LogP contribution < -0.4 is 15.5 Å². The molecule has 0 fully saturated rings. The van der Waals surface area contributed by atoms with Gasteiger partial charge in [0.25, 0.3) is 11.8 Å². The Morgan fingerprint density at radius 2 is 1.81 bits per heavy atom. The Kier molecular flexibility index (Phi) is 6.40. The number of carbonyl (C=O) groups excluding carboxylic acids is 2. The van der Waals surface area contributed by atoms with Crippen LogP contribution in [0.2, 0.25) is 0 Å². The van der Waals surface area contributed by atoms with Crippen molar-refractivity contribution in [2.45, 2.75) is 13.0 Å². The molecule has 6 nitrogen and oxygen atoms in total. The molecule has 140 valence electrons. The third kappa shape index (κ3) is 5.09. The number of anilines is 1. The predicted octanol–water partition coefficient (Wildman–Crippen LogP) is 1.03. The van der Waals surface area contributed by atoms with E-state index < -0.39 is 29.0 Å². The van der Waals surface area contributed by atoms with Crippen LogP contribution in [-0.2, 0) is 9.59 Å². The molecule has 1 aromatic carbocycles. The highest BCUT2D eigenvalue weighted by Gasteiger charge is 2.19. The fourth-order valence-electron chi connectivity index (χ4n) is 2.33. The molecule has 2 amide bonds. The second-order valence-electron chi connectivity index (χ2n) is 5.89. The van der Waals surface area contributed by atoms with Gasteiger partial charge in [-0.2, -0.15) is 0 Å². The summed E-state index contributed by atoms with van der Waals surface area (Å²) in [5.74, 6) is -4.82. The number of hydrogen-bond donors (Lipinski definition) is 3. The lowest BCUT2D eigenvalue weighted by molar-refractivity contribution is -0.862. The van der Waals surface area contributed by atoms with Gasteiger partial charge in [-0.25, -0.2) is 13.2 Å². The van der Waals surface area contributed by atoms with Crippen LogP contribution >= 0.6 is 0 Å². The summed E-state index contributed by atoms with van der Waals surface area (Å²) in [6.07, 6.45) is 1.50. The van der Waals surface area contributed by atoms with E-state index >= 15 is 0 Å². The molecule has 0 spiro atoms. The smallest absolute Gasteiger partial charge is 0.279 e. The van der Waals surface area contributed by atoms with Crippen LogP contribution in [0.4, 0.5) is 18.9 Å². The molecular formula is C17H19F3N3O3+. The van der Waals surface area contributed by atoms with Gasteiger partial charge < -0.3 is 20.0 Å². The van der Waals surface area contributed by atoms with E-state index in [1.807, 2.05) is 0 Å². The molecule has 1 heterocycles. The molecular weight excluding hydrogens is 351 g/mol. The number of halogens is 3. The molecule has 0 radical (unpaired) electrons. The van der Waals surface area contributed by atoms with Gasteiger partial charge in [0.2, 0.25) is 0 Å². The van der Waals surface area contributed by atoms with Crippen molar-refractivity contribution in [1.29, 1.82) is 0 Å². The zero-order valence-corrected chi connectivity index (χ0v) is 14.2. The number of furan rings is 1. The van der Waals surface area contributed by atoms with Gasteiger partial charge in [0.15, 0.2) is 30.5 Å². The van der Waals surface area contributed by atoms with Crippen molar-refractivity contribution in [1.82, 2.24) is 5.32 Å². The van der Waals surface area contributed by atoms with E-state index in [-0.39, 0.29) is 25.0 Å². The predicted molar refractivity (Wildman–Crippen MR) is 86.8 cm³/mol. The average molecular weight is 370 g/mol. The molecule has 2 aromatic rings. The normalized spacial score (nSPS) is 13.1. The molecule has 0 saturated carbocycles. The standard InChI is InChI=1S/C17H18F3N3O3/c1-10(13-4-3-7-26-13)21-14(24)8-23(2)9-15(25)22-12-6-5-11(18)16(19)17(12)20/h3-7,10H,8-9H2,1-2H3,(H,21,24)(H,22,25)/p+1/t10-/m0/s1. The van der Waals surface area contributed by atoms with Crippen molar-refractivity contribution in [3.05, 3.63) is 53.7 Å². The molecule has 1 unspecified atom stereocenters. The number of likely N-dealkylation sites (N-methyl/N-ethyl adjacent to an activating group) is 1. The second-order valence-corrected chi connectivity index (χ2v) is 5.89. The molecule has 26 heavy (non-hydrogen) atoms. The maximum Gasteiger partial charge on any atom is 0.279 e. The van der Waals surface area contributed by atoms with E-state index in [0.717, 1.165) is 6.07 Å². The summed E-state index contributed by atoms with van der Waals surface area (Å²) < 4.78 is 44.7. The van der Waals surface area contributed by atoms with Crippen molar-refractivity contribution in [3.63, 3.8) is 0 Å². The monoisotopic (exact) mass is 370 g/mol. The first-order valence-corrected chi connectivity index (χ1v) is 7.85. The summed E-state index contributed by atoms with van der Waals surface area (Å²) >= 11 is 0. The van der Waals surface area contributed by atoms with Crippen molar-refractivity contribution in [2.24, 2.45) is 0 Å². The average Bonchev–Trinajstić information content (AvgIpc) is 3.09. The molecule has 0 aliphatic heterocycles. The number of amides is 2. The Bertz CT molecular complexity index is 781. The number of benzene rings is 1. The minimum Gasteiger partial charge on any atom is -0.467 e. The van der Waals surface area contributed by atoms with Crippen LogP contribution in [-0.4, -0.2) is 32.0 Å². The van der Waals surface area contributed by atoms with E-state index in [0.29, 0.717) is 16.7 Å². The van der Waals surface area contributed by atoms with Gasteiger partial charge in [0.1, 0.15) is 5.76 Å². The van der Waals surface area contributed by atoms with E-state index in [4.69, 9.17) is 4.42 Å². The molecule has 9 heteroatoms. The van der Waals surface area contributed by atoms with E-state index in [1.54, 1.807) is 26.1 Å². The molecule has 2 rings (SSSR count). The Labute approximate surface area is 148 Å². The first kappa shape index (κ1) is 19.5. The Morgan fingerprint density at radius 3 is 2.46 bits per heavy atom. The van der Waals surface area contributed by atoms with Gasteiger partial charge in [-0.1, -0.05) is 0 Å². The molecule has 0 aliphatic carbocycles. The SMILES string of the molecule is C[C@H](NC(=O)C[NH+](C)CC(=O)Nc1ccc(F)c(F)c1F)c1ccco1. The Hall–Kier alpha value is -2.81. The third-order valence-electron chi connectivity index (χ3n) is 3.58. The van der Waals surface area contributed by atoms with Gasteiger partial charge in [-0.3, -0.25) is 9.59 Å². The molecule has 0 bridgehead atoms. The summed E-state index contributed by atoms with van der Waals surface area (Å²) in [5, 5.41) is 4.88. The number of rotatable bonds is 7. The minimum absolute atomic E-state index is 0.0151. The minimum atomic E-state index is -1.66. The molecule has 3 N–H and O–H groups in total. The van der Waals surface area contributed by atoms with E-state index in [2.05, 4.69) is 10.6 Å². The summed E-state index contributed by atoms with van der Waals surface area (Å²) in [7, 11) is 1.60. The van der Waals surface area contributed by atoms with E-state index in [1.165, 1.54) is 6.26 Å². The van der Waals surface area contributed by atoms with Gasteiger partial charge in [0.05, 0.1) is 25.0 Å². The highest BCUT2D eigenvalue weighted by atomic mass is 19.2. The van der Waals surface area contributed by atoms with Crippen molar-refractivity contribution < 1.29 is 32.1 Å². The Balaban J connectivity index is 1.83. The highest BCUT2D eigenvalue weighted by Crippen LogP contribution is 2.19. The molecule has 0 aliphatic rings. The van der Waals surface area contributed by atoms with Gasteiger partial charge in [-0.05, 0) is 31.2 Å². The molecule has 1 aromatic heterocycles.